The molecule has 0 aromatic heterocycles. The number of fused-ring (bicyclic) bond motifs is 6. The molecule has 0 radical (unpaired) electrons. The van der Waals surface area contributed by atoms with Crippen LogP contribution in [0.15, 0.2) is 98.1 Å². The first-order chi connectivity index (χ1) is 29.4. The lowest BCUT2D eigenvalue weighted by molar-refractivity contribution is 0.00854. The second-order valence-corrected chi connectivity index (χ2v) is 14.8. The number of aryl methyl sites for hydroxylation is 1. The lowest BCUT2D eigenvalue weighted by Crippen LogP contribution is -2.56. The second kappa shape index (κ2) is 17.8. The Morgan fingerprint density at radius 3 is 1.70 bits per heavy atom. The summed E-state index contributed by atoms with van der Waals surface area (Å²) in [5.74, 6) is -0.0773. The molecule has 0 aliphatic carbocycles. The van der Waals surface area contributed by atoms with Crippen LogP contribution in [0.1, 0.15) is 48.5 Å². The molecule has 0 saturated heterocycles. The van der Waals surface area contributed by atoms with Gasteiger partial charge in [0.15, 0.2) is 24.0 Å². The maximum absolute atomic E-state index is 13.6. The fourth-order valence-corrected chi connectivity index (χ4v) is 8.42. The number of aromatic hydroxyl groups is 1. The lowest BCUT2D eigenvalue weighted by atomic mass is 9.92. The summed E-state index contributed by atoms with van der Waals surface area (Å²) in [5, 5.41) is 21.7. The first kappa shape index (κ1) is 42.3. The molecule has 4 atom stereocenters. The van der Waals surface area contributed by atoms with Gasteiger partial charge in [-0.25, -0.2) is 19.4 Å². The number of hydrogen-bond acceptors (Lipinski definition) is 11. The van der Waals surface area contributed by atoms with Crippen molar-refractivity contribution in [3.05, 3.63) is 137 Å². The normalized spacial score (nSPS) is 19.8. The van der Waals surface area contributed by atoms with Crippen LogP contribution >= 0.6 is 0 Å². The zero-order valence-electron chi connectivity index (χ0n) is 34.4. The molecule has 4 aliphatic rings. The van der Waals surface area contributed by atoms with Crippen molar-refractivity contribution < 1.29 is 53.1 Å². The lowest BCUT2D eigenvalue weighted by Gasteiger charge is -2.41. The molecule has 0 spiro atoms. The van der Waals surface area contributed by atoms with Gasteiger partial charge in [-0.2, -0.15) is 0 Å². The van der Waals surface area contributed by atoms with E-state index >= 15 is 0 Å². The van der Waals surface area contributed by atoms with Crippen LogP contribution < -0.4 is 19.3 Å². The van der Waals surface area contributed by atoms with E-state index in [2.05, 4.69) is 13.2 Å². The van der Waals surface area contributed by atoms with E-state index in [0.29, 0.717) is 37.4 Å². The molecule has 0 bridgehead atoms. The minimum Gasteiger partial charge on any atom is -0.504 e. The number of hydrogen-bond donors (Lipinski definition) is 2. The number of ether oxygens (including phenoxy) is 5. The highest BCUT2D eigenvalue weighted by Gasteiger charge is 2.47. The van der Waals surface area contributed by atoms with Crippen molar-refractivity contribution in [2.24, 2.45) is 0 Å². The van der Waals surface area contributed by atoms with Gasteiger partial charge in [0.05, 0.1) is 48.8 Å². The van der Waals surface area contributed by atoms with Crippen LogP contribution in [0, 0.1) is 6.92 Å². The van der Waals surface area contributed by atoms with Crippen LogP contribution in [0.4, 0.5) is 21.0 Å². The Morgan fingerprint density at radius 1 is 0.705 bits per heavy atom. The largest absolute Gasteiger partial charge is 0.504 e. The van der Waals surface area contributed by atoms with Crippen LogP contribution in [0.2, 0.25) is 0 Å². The van der Waals surface area contributed by atoms with Crippen molar-refractivity contribution in [2.45, 2.75) is 57.4 Å². The van der Waals surface area contributed by atoms with Crippen LogP contribution in [0.5, 0.6) is 17.2 Å². The summed E-state index contributed by atoms with van der Waals surface area (Å²) in [4.78, 5) is 59.0. The Bertz CT molecular complexity index is 2380. The minimum atomic E-state index is -1.27. The van der Waals surface area contributed by atoms with E-state index in [1.165, 1.54) is 55.4 Å². The number of nitrogens with zero attached hydrogens (tertiary/aromatic N) is 4. The number of aliphatic hydroxyl groups excluding tert-OH is 1. The average molecular weight is 833 g/mol. The van der Waals surface area contributed by atoms with Gasteiger partial charge in [-0.1, -0.05) is 73.8 Å². The third kappa shape index (κ3) is 7.85. The molecular weight excluding hydrogens is 785 g/mol. The van der Waals surface area contributed by atoms with Gasteiger partial charge in [-0.05, 0) is 65.8 Å². The molecule has 15 nitrogen and oxygen atoms in total. The van der Waals surface area contributed by atoms with E-state index in [1.807, 2.05) is 55.5 Å². The Kier molecular flexibility index (Phi) is 12.3. The van der Waals surface area contributed by atoms with Gasteiger partial charge in [0.2, 0.25) is 0 Å². The predicted octanol–water partition coefficient (Wildman–Crippen LogP) is 6.11. The average Bonchev–Trinajstić information content (AvgIpc) is 3.42. The van der Waals surface area contributed by atoms with Crippen molar-refractivity contribution in [3.63, 3.8) is 0 Å². The maximum Gasteiger partial charge on any atom is 0.416 e. The molecule has 2 unspecified atom stereocenters. The standard InChI is InChI=1S/C23H24N2O6.C23H24N2O5/c1-4-9-31-23(28)25-17-12-19(26)20(29-2)11-16(17)21(27)24-13-15-8-6-5-7-14(15)10-18(24)22(25)30-3;1-4-9-30-23(28)25-18-10-14(2)20(29-3)12-17(18)21(26)24-13-16-8-6-5-7-15(16)11-19(24)22(25)27/h4-8,11-12,18,22,26H,1,9-10,13H2,2-3H3;4-8,10,12,19,22,27H,1,9,11,13H2,2-3H3/t18-,22?;19-,22?/m00/s1. The van der Waals surface area contributed by atoms with Crippen molar-refractivity contribution in [3.8, 4) is 17.2 Å². The Labute approximate surface area is 353 Å². The van der Waals surface area contributed by atoms with Gasteiger partial charge in [0.25, 0.3) is 11.8 Å². The SMILES string of the molecule is C=CCOC(=O)N1c2cc(C)c(OC)cc2C(=O)N2Cc3ccccc3C[C@H]2C1O.C=CCOC(=O)N1c2cc(O)c(OC)cc2C(=O)N2Cc3ccccc3C[C@H]2C1OC. The second-order valence-electron chi connectivity index (χ2n) is 14.8. The molecule has 4 aromatic rings. The molecule has 15 heteroatoms. The number of aliphatic hydroxyl groups is 1. The first-order valence-electron chi connectivity index (χ1n) is 19.7. The molecule has 4 aromatic carbocycles. The third-order valence-corrected chi connectivity index (χ3v) is 11.4. The third-order valence-electron chi connectivity index (χ3n) is 11.4. The van der Waals surface area contributed by atoms with Crippen LogP contribution in [0.25, 0.3) is 0 Å². The number of benzene rings is 4. The zero-order valence-corrected chi connectivity index (χ0v) is 34.4. The fourth-order valence-electron chi connectivity index (χ4n) is 8.42. The number of rotatable bonds is 7. The van der Waals surface area contributed by atoms with Gasteiger partial charge >= 0.3 is 12.2 Å². The van der Waals surface area contributed by atoms with E-state index in [0.717, 1.165) is 27.8 Å². The monoisotopic (exact) mass is 832 g/mol. The molecule has 2 N–H and O–H groups in total. The molecule has 8 rings (SSSR count). The van der Waals surface area contributed by atoms with Gasteiger partial charge in [0, 0.05) is 26.3 Å². The summed E-state index contributed by atoms with van der Waals surface area (Å²) in [7, 11) is 4.41. The predicted molar refractivity (Wildman–Crippen MR) is 225 cm³/mol. The van der Waals surface area contributed by atoms with Crippen LogP contribution in [-0.4, -0.2) is 103 Å². The number of carbonyl (C=O) groups is 4. The van der Waals surface area contributed by atoms with Crippen LogP contribution in [0.3, 0.4) is 0 Å². The number of carbonyl (C=O) groups excluding carboxylic acids is 4. The van der Waals surface area contributed by atoms with Gasteiger partial charge in [0.1, 0.15) is 19.0 Å². The number of anilines is 2. The highest BCUT2D eigenvalue weighted by molar-refractivity contribution is 6.07. The number of phenolic OH excluding ortho intramolecular Hbond substituents is 1. The van der Waals surface area contributed by atoms with Gasteiger partial charge in [-0.15, -0.1) is 0 Å². The Morgan fingerprint density at radius 2 is 1.18 bits per heavy atom. The fraction of sp³-hybridized carbons (Fsp3) is 0.304. The smallest absolute Gasteiger partial charge is 0.416 e. The van der Waals surface area contributed by atoms with E-state index < -0.39 is 36.7 Å². The molecular formula is C46H48N4O11. The summed E-state index contributed by atoms with van der Waals surface area (Å²) in [5.41, 5.74) is 5.94. The van der Waals surface area contributed by atoms with Crippen molar-refractivity contribution in [1.29, 1.82) is 0 Å². The molecule has 4 amide bonds. The molecule has 318 valence electrons. The molecule has 0 saturated carbocycles. The van der Waals surface area contributed by atoms with Gasteiger partial charge < -0.3 is 43.7 Å². The topological polar surface area (TPSA) is 168 Å². The zero-order chi connectivity index (χ0) is 43.5. The highest BCUT2D eigenvalue weighted by atomic mass is 16.6. The van der Waals surface area contributed by atoms with Crippen molar-refractivity contribution in [1.82, 2.24) is 9.80 Å². The quantitative estimate of drug-likeness (QED) is 0.206. The highest BCUT2D eigenvalue weighted by Crippen LogP contribution is 2.42. The first-order valence-corrected chi connectivity index (χ1v) is 19.7. The molecule has 0 fully saturated rings. The summed E-state index contributed by atoms with van der Waals surface area (Å²) >= 11 is 0. The number of methoxy groups -OCH3 is 3. The molecule has 4 heterocycles. The van der Waals surface area contributed by atoms with Crippen LogP contribution in [-0.2, 0) is 40.1 Å². The summed E-state index contributed by atoms with van der Waals surface area (Å²) in [6.45, 7) is 9.67. The molecule has 4 aliphatic heterocycles. The number of amides is 4. The molecule has 61 heavy (non-hydrogen) atoms. The Balaban J connectivity index is 0.000000184. The number of phenols is 1. The van der Waals surface area contributed by atoms with Gasteiger partial charge in [-0.3, -0.25) is 9.59 Å². The Hall–Kier alpha value is -6.84. The van der Waals surface area contributed by atoms with E-state index in [9.17, 15) is 29.4 Å². The summed E-state index contributed by atoms with van der Waals surface area (Å²) in [6.07, 6.45) is 0.306. The van der Waals surface area contributed by atoms with E-state index in [1.54, 1.807) is 21.9 Å². The maximum atomic E-state index is 13.6. The van der Waals surface area contributed by atoms with Crippen molar-refractivity contribution >= 4 is 35.4 Å². The summed E-state index contributed by atoms with van der Waals surface area (Å²) < 4.78 is 26.9. The van der Waals surface area contributed by atoms with E-state index in [4.69, 9.17) is 23.7 Å². The van der Waals surface area contributed by atoms with E-state index in [-0.39, 0.29) is 53.3 Å². The van der Waals surface area contributed by atoms with Crippen molar-refractivity contribution in [2.75, 3.05) is 44.3 Å². The minimum absolute atomic E-state index is 0.00230. The summed E-state index contributed by atoms with van der Waals surface area (Å²) in [6, 6.07) is 20.7.